The normalized spacial score (nSPS) is 14.1. The van der Waals surface area contributed by atoms with Crippen molar-refractivity contribution in [2.75, 3.05) is 33.0 Å². The number of carbonyl (C=O) groups is 1. The Morgan fingerprint density at radius 1 is 1.20 bits per heavy atom. The molecule has 0 saturated heterocycles. The minimum Gasteiger partial charge on any atom is -0.460 e. The van der Waals surface area contributed by atoms with Crippen LogP contribution in [0.4, 0.5) is 0 Å². The number of carbonyl (C=O) groups excluding carboxylic acids is 1. The molecule has 1 atom stereocenters. The predicted octanol–water partition coefficient (Wildman–Crippen LogP) is 1.91. The number of rotatable bonds is 11. The van der Waals surface area contributed by atoms with Crippen LogP contribution in [0.5, 0.6) is 0 Å². The van der Waals surface area contributed by atoms with Crippen LogP contribution in [0.2, 0.25) is 0 Å². The summed E-state index contributed by atoms with van der Waals surface area (Å²) >= 11 is 0. The first-order chi connectivity index (χ1) is 9.30. The van der Waals surface area contributed by atoms with Crippen LogP contribution in [0.1, 0.15) is 20.8 Å². The molecule has 0 aromatic carbocycles. The van der Waals surface area contributed by atoms with Crippen LogP contribution in [0.3, 0.4) is 0 Å². The first kappa shape index (κ1) is 19.3. The number of hydrogen-bond acceptors (Lipinski definition) is 6. The Balaban J connectivity index is 3.57. The van der Waals surface area contributed by atoms with Crippen LogP contribution in [0.25, 0.3) is 0 Å². The van der Waals surface area contributed by atoms with Crippen LogP contribution in [-0.4, -0.2) is 43.9 Å². The molecule has 0 fully saturated rings. The van der Waals surface area contributed by atoms with Crippen molar-refractivity contribution in [3.05, 3.63) is 12.2 Å². The quantitative estimate of drug-likeness (QED) is 0.270. The third kappa shape index (κ3) is 9.23. The summed E-state index contributed by atoms with van der Waals surface area (Å²) in [5.41, 5.74) is 0.409. The zero-order chi connectivity index (χ0) is 15.6. The van der Waals surface area contributed by atoms with Gasteiger partial charge in [0.2, 0.25) is 0 Å². The first-order valence-corrected chi connectivity index (χ1v) is 7.85. The molecule has 7 nitrogen and oxygen atoms in total. The molecule has 0 aliphatic heterocycles. The van der Waals surface area contributed by atoms with Crippen LogP contribution in [0.15, 0.2) is 12.2 Å². The summed E-state index contributed by atoms with van der Waals surface area (Å²) < 4.78 is 30.2. The monoisotopic (exact) mass is 310 g/mol. The van der Waals surface area contributed by atoms with Gasteiger partial charge < -0.3 is 14.4 Å². The van der Waals surface area contributed by atoms with Gasteiger partial charge in [-0.3, -0.25) is 9.05 Å². The van der Waals surface area contributed by atoms with Crippen molar-refractivity contribution in [3.8, 4) is 0 Å². The Morgan fingerprint density at radius 3 is 2.35 bits per heavy atom. The summed E-state index contributed by atoms with van der Waals surface area (Å²) in [7, 11) is -3.96. The lowest BCUT2D eigenvalue weighted by molar-refractivity contribution is -0.141. The van der Waals surface area contributed by atoms with E-state index in [0.29, 0.717) is 5.57 Å². The van der Waals surface area contributed by atoms with Gasteiger partial charge in [-0.25, -0.2) is 9.36 Å². The molecule has 0 bridgehead atoms. The van der Waals surface area contributed by atoms with E-state index in [-0.39, 0.29) is 39.0 Å². The summed E-state index contributed by atoms with van der Waals surface area (Å²) in [4.78, 5) is 20.5. The van der Waals surface area contributed by atoms with Gasteiger partial charge in [-0.1, -0.05) is 20.4 Å². The Bertz CT molecular complexity index is 354. The standard InChI is InChI=1S/C12H23O7P/c1-5-18-20(14,15)19-9-7-16-6-8-17-12(13)11(4)10(2)3/h10H,4-9H2,1-3H3,(H,14,15). The second-order valence-corrected chi connectivity index (χ2v) is 5.60. The van der Waals surface area contributed by atoms with E-state index in [1.54, 1.807) is 6.92 Å². The summed E-state index contributed by atoms with van der Waals surface area (Å²) in [5, 5.41) is 0. The molecule has 0 aromatic rings. The third-order valence-electron chi connectivity index (χ3n) is 2.19. The van der Waals surface area contributed by atoms with Gasteiger partial charge in [-0.05, 0) is 12.8 Å². The molecule has 0 amide bonds. The van der Waals surface area contributed by atoms with E-state index in [9.17, 15) is 9.36 Å². The highest BCUT2D eigenvalue weighted by Crippen LogP contribution is 2.42. The molecule has 0 spiro atoms. The largest absolute Gasteiger partial charge is 0.472 e. The first-order valence-electron chi connectivity index (χ1n) is 6.35. The van der Waals surface area contributed by atoms with Gasteiger partial charge in [0.15, 0.2) is 0 Å². The van der Waals surface area contributed by atoms with Crippen molar-refractivity contribution in [1.82, 2.24) is 0 Å². The summed E-state index contributed by atoms with van der Waals surface area (Å²) in [6, 6.07) is 0. The highest BCUT2D eigenvalue weighted by Gasteiger charge is 2.19. The maximum absolute atomic E-state index is 11.4. The molecule has 0 heterocycles. The van der Waals surface area contributed by atoms with Gasteiger partial charge in [-0.15, -0.1) is 0 Å². The van der Waals surface area contributed by atoms with Crippen molar-refractivity contribution in [2.45, 2.75) is 20.8 Å². The third-order valence-corrected chi connectivity index (χ3v) is 3.29. The average Bonchev–Trinajstić information content (AvgIpc) is 2.36. The average molecular weight is 310 g/mol. The molecule has 0 aromatic heterocycles. The molecule has 0 rings (SSSR count). The number of phosphoric ester groups is 1. The van der Waals surface area contributed by atoms with E-state index in [1.807, 2.05) is 13.8 Å². The molecule has 0 aliphatic carbocycles. The van der Waals surface area contributed by atoms with Crippen LogP contribution < -0.4 is 0 Å². The molecule has 118 valence electrons. The Labute approximate surface area is 119 Å². The maximum atomic E-state index is 11.4. The molecule has 1 unspecified atom stereocenters. The van der Waals surface area contributed by atoms with Crippen LogP contribution in [-0.2, 0) is 27.9 Å². The lowest BCUT2D eigenvalue weighted by Crippen LogP contribution is -2.15. The van der Waals surface area contributed by atoms with E-state index in [4.69, 9.17) is 14.4 Å². The number of ether oxygens (including phenoxy) is 2. The fourth-order valence-electron chi connectivity index (χ4n) is 1.04. The van der Waals surface area contributed by atoms with Gasteiger partial charge in [0, 0.05) is 5.57 Å². The highest BCUT2D eigenvalue weighted by molar-refractivity contribution is 7.47. The number of hydrogen-bond donors (Lipinski definition) is 1. The van der Waals surface area contributed by atoms with Crippen molar-refractivity contribution in [1.29, 1.82) is 0 Å². The summed E-state index contributed by atoms with van der Waals surface area (Å²) in [5.74, 6) is -0.412. The van der Waals surface area contributed by atoms with E-state index < -0.39 is 13.8 Å². The molecule has 0 saturated carbocycles. The minimum absolute atomic E-state index is 0.0362. The Kier molecular flexibility index (Phi) is 9.71. The van der Waals surface area contributed by atoms with E-state index in [0.717, 1.165) is 0 Å². The maximum Gasteiger partial charge on any atom is 0.472 e. The zero-order valence-electron chi connectivity index (χ0n) is 12.2. The van der Waals surface area contributed by atoms with Gasteiger partial charge in [0.1, 0.15) is 6.61 Å². The van der Waals surface area contributed by atoms with E-state index in [2.05, 4.69) is 15.6 Å². The van der Waals surface area contributed by atoms with Gasteiger partial charge in [0.25, 0.3) is 0 Å². The highest BCUT2D eigenvalue weighted by atomic mass is 31.2. The van der Waals surface area contributed by atoms with Crippen LogP contribution >= 0.6 is 7.82 Å². The zero-order valence-corrected chi connectivity index (χ0v) is 13.1. The Hall–Kier alpha value is -0.720. The summed E-state index contributed by atoms with van der Waals surface area (Å²) in [6.45, 7) is 9.27. The minimum atomic E-state index is -3.96. The number of esters is 1. The molecular formula is C12H23O7P. The molecule has 20 heavy (non-hydrogen) atoms. The topological polar surface area (TPSA) is 91.3 Å². The van der Waals surface area contributed by atoms with Gasteiger partial charge in [-0.2, -0.15) is 0 Å². The second-order valence-electron chi connectivity index (χ2n) is 4.15. The van der Waals surface area contributed by atoms with Crippen molar-refractivity contribution >= 4 is 13.8 Å². The molecule has 8 heteroatoms. The molecular weight excluding hydrogens is 287 g/mol. The predicted molar refractivity (Wildman–Crippen MR) is 73.2 cm³/mol. The van der Waals surface area contributed by atoms with Crippen LogP contribution in [0, 0.1) is 5.92 Å². The smallest absolute Gasteiger partial charge is 0.460 e. The Morgan fingerprint density at radius 2 is 1.80 bits per heavy atom. The lowest BCUT2D eigenvalue weighted by Gasteiger charge is -2.11. The van der Waals surface area contributed by atoms with E-state index >= 15 is 0 Å². The SMILES string of the molecule is C=C(C(=O)OCCOCCOP(=O)(O)OCC)C(C)C. The fraction of sp³-hybridized carbons (Fsp3) is 0.750. The lowest BCUT2D eigenvalue weighted by atomic mass is 10.1. The second kappa shape index (κ2) is 10.1. The van der Waals surface area contributed by atoms with E-state index in [1.165, 1.54) is 0 Å². The summed E-state index contributed by atoms with van der Waals surface area (Å²) in [6.07, 6.45) is 0. The van der Waals surface area contributed by atoms with Gasteiger partial charge >= 0.3 is 13.8 Å². The molecule has 1 N–H and O–H groups in total. The molecule has 0 aliphatic rings. The fourth-order valence-corrected chi connectivity index (χ4v) is 1.74. The molecule has 0 radical (unpaired) electrons. The van der Waals surface area contributed by atoms with Gasteiger partial charge in [0.05, 0.1) is 26.4 Å². The number of phosphoric acid groups is 1. The van der Waals surface area contributed by atoms with Crippen molar-refractivity contribution in [2.24, 2.45) is 5.92 Å². The van der Waals surface area contributed by atoms with Crippen molar-refractivity contribution < 1.29 is 32.8 Å². The van der Waals surface area contributed by atoms with Crippen molar-refractivity contribution in [3.63, 3.8) is 0 Å².